The van der Waals surface area contributed by atoms with E-state index in [1.165, 1.54) is 30.4 Å². The summed E-state index contributed by atoms with van der Waals surface area (Å²) < 4.78 is 13.0. The second-order valence-electron chi connectivity index (χ2n) is 9.42. The molecule has 0 saturated carbocycles. The lowest BCUT2D eigenvalue weighted by Gasteiger charge is -2.54. The quantitative estimate of drug-likeness (QED) is 0.764. The van der Waals surface area contributed by atoms with Crippen LogP contribution in [0.15, 0.2) is 48.8 Å². The van der Waals surface area contributed by atoms with E-state index >= 15 is 0 Å². The predicted molar refractivity (Wildman–Crippen MR) is 109 cm³/mol. The van der Waals surface area contributed by atoms with Gasteiger partial charge in [0, 0.05) is 30.4 Å². The Labute approximate surface area is 167 Å². The van der Waals surface area contributed by atoms with Crippen molar-refractivity contribution in [3.8, 4) is 5.75 Å². The molecule has 0 bridgehead atoms. The van der Waals surface area contributed by atoms with Gasteiger partial charge in [-0.15, -0.1) is 0 Å². The summed E-state index contributed by atoms with van der Waals surface area (Å²) in [6.45, 7) is 8.61. The summed E-state index contributed by atoms with van der Waals surface area (Å²) >= 11 is 0. The van der Waals surface area contributed by atoms with Crippen LogP contribution < -0.4 is 4.74 Å². The van der Waals surface area contributed by atoms with Gasteiger partial charge in [-0.2, -0.15) is 0 Å². The minimum Gasteiger partial charge on any atom is -0.487 e. The molecule has 5 rings (SSSR count). The summed E-state index contributed by atoms with van der Waals surface area (Å²) in [5, 5.41) is 0. The first-order chi connectivity index (χ1) is 13.5. The summed E-state index contributed by atoms with van der Waals surface area (Å²) in [6, 6.07) is 12.6. The Bertz CT molecular complexity index is 828. The van der Waals surface area contributed by atoms with E-state index in [2.05, 4.69) is 54.1 Å². The summed E-state index contributed by atoms with van der Waals surface area (Å²) in [5.74, 6) is 1.40. The minimum absolute atomic E-state index is 0.166. The fraction of sp³-hybridized carbons (Fsp3) is 0.542. The number of benzene rings is 1. The van der Waals surface area contributed by atoms with Crippen LogP contribution in [0.25, 0.3) is 0 Å². The van der Waals surface area contributed by atoms with Crippen LogP contribution in [0, 0.1) is 11.3 Å². The normalized spacial score (nSPS) is 28.2. The van der Waals surface area contributed by atoms with Crippen LogP contribution >= 0.6 is 0 Å². The number of aromatic nitrogens is 1. The standard InChI is InChI=1S/C24H30N2O2/c1-23(2)20-14-24(17-27-22(20)19-7-3-4-8-21(19)28-23)9-12-26(13-10-24)16-18-6-5-11-25-15-18/h3-8,11,15,20,22H,9-10,12-14,16-17H2,1-2H3/t20-,22+/m0/s1. The monoisotopic (exact) mass is 378 g/mol. The molecule has 2 atom stereocenters. The van der Waals surface area contributed by atoms with Gasteiger partial charge >= 0.3 is 0 Å². The fourth-order valence-electron chi connectivity index (χ4n) is 5.38. The van der Waals surface area contributed by atoms with E-state index in [1.807, 2.05) is 18.5 Å². The molecule has 0 radical (unpaired) electrons. The van der Waals surface area contributed by atoms with Crippen molar-refractivity contribution in [1.82, 2.24) is 9.88 Å². The van der Waals surface area contributed by atoms with Gasteiger partial charge in [0.2, 0.25) is 0 Å². The number of ether oxygens (including phenoxy) is 2. The third-order valence-corrected chi connectivity index (χ3v) is 7.12. The van der Waals surface area contributed by atoms with Crippen LogP contribution in [0.5, 0.6) is 5.75 Å². The second-order valence-corrected chi connectivity index (χ2v) is 9.42. The molecule has 1 aromatic carbocycles. The predicted octanol–water partition coefficient (Wildman–Crippen LogP) is 4.61. The number of pyridine rings is 1. The van der Waals surface area contributed by atoms with E-state index < -0.39 is 0 Å². The summed E-state index contributed by atoms with van der Waals surface area (Å²) in [5.41, 5.74) is 2.63. The van der Waals surface area contributed by atoms with E-state index in [1.54, 1.807) is 0 Å². The molecule has 0 aliphatic carbocycles. The fourth-order valence-corrected chi connectivity index (χ4v) is 5.38. The zero-order valence-corrected chi connectivity index (χ0v) is 16.9. The molecular weight excluding hydrogens is 348 g/mol. The molecule has 3 aliphatic rings. The van der Waals surface area contributed by atoms with Crippen molar-refractivity contribution in [2.75, 3.05) is 19.7 Å². The average molecular weight is 379 g/mol. The summed E-state index contributed by atoms with van der Waals surface area (Å²) in [4.78, 5) is 6.81. The van der Waals surface area contributed by atoms with Gasteiger partial charge in [0.1, 0.15) is 11.4 Å². The number of piperidine rings is 1. The molecule has 2 aromatic rings. The molecule has 2 saturated heterocycles. The van der Waals surface area contributed by atoms with Crippen molar-refractivity contribution in [1.29, 1.82) is 0 Å². The van der Waals surface area contributed by atoms with Gasteiger partial charge in [0.05, 0.1) is 12.7 Å². The highest BCUT2D eigenvalue weighted by molar-refractivity contribution is 5.39. The van der Waals surface area contributed by atoms with Crippen molar-refractivity contribution in [3.05, 3.63) is 59.9 Å². The Balaban J connectivity index is 1.29. The maximum Gasteiger partial charge on any atom is 0.125 e. The Kier molecular flexibility index (Phi) is 4.44. The smallest absolute Gasteiger partial charge is 0.125 e. The zero-order chi connectivity index (χ0) is 19.2. The lowest BCUT2D eigenvalue weighted by molar-refractivity contribution is -0.174. The molecular formula is C24H30N2O2. The Morgan fingerprint density at radius 3 is 2.71 bits per heavy atom. The first-order valence-electron chi connectivity index (χ1n) is 10.6. The summed E-state index contributed by atoms with van der Waals surface area (Å²) in [6.07, 6.45) is 7.59. The van der Waals surface area contributed by atoms with Gasteiger partial charge in [-0.1, -0.05) is 24.3 Å². The third kappa shape index (κ3) is 3.23. The molecule has 4 nitrogen and oxygen atoms in total. The molecule has 3 aliphatic heterocycles. The largest absolute Gasteiger partial charge is 0.487 e. The highest BCUT2D eigenvalue weighted by Gasteiger charge is 2.52. The van der Waals surface area contributed by atoms with E-state index in [4.69, 9.17) is 9.47 Å². The molecule has 0 N–H and O–H groups in total. The highest BCUT2D eigenvalue weighted by Crippen LogP contribution is 2.55. The average Bonchev–Trinajstić information content (AvgIpc) is 2.71. The number of likely N-dealkylation sites (tertiary alicyclic amines) is 1. The van der Waals surface area contributed by atoms with Crippen LogP contribution in [-0.4, -0.2) is 35.2 Å². The first kappa shape index (κ1) is 18.1. The van der Waals surface area contributed by atoms with Gasteiger partial charge in [0.15, 0.2) is 0 Å². The molecule has 4 heterocycles. The molecule has 1 spiro atoms. The molecule has 148 valence electrons. The molecule has 0 amide bonds. The number of para-hydroxylation sites is 1. The van der Waals surface area contributed by atoms with Crippen molar-refractivity contribution in [3.63, 3.8) is 0 Å². The number of hydrogen-bond acceptors (Lipinski definition) is 4. The Morgan fingerprint density at radius 2 is 1.93 bits per heavy atom. The molecule has 2 fully saturated rings. The van der Waals surface area contributed by atoms with Gasteiger partial charge in [-0.3, -0.25) is 9.88 Å². The maximum absolute atomic E-state index is 6.58. The zero-order valence-electron chi connectivity index (χ0n) is 16.9. The third-order valence-electron chi connectivity index (χ3n) is 7.12. The number of fused-ring (bicyclic) bond motifs is 3. The number of nitrogens with zero attached hydrogens (tertiary/aromatic N) is 2. The van der Waals surface area contributed by atoms with Crippen LogP contribution in [0.3, 0.4) is 0 Å². The van der Waals surface area contributed by atoms with Crippen LogP contribution in [0.4, 0.5) is 0 Å². The topological polar surface area (TPSA) is 34.6 Å². The molecule has 28 heavy (non-hydrogen) atoms. The highest BCUT2D eigenvalue weighted by atomic mass is 16.5. The SMILES string of the molecule is CC1(C)Oc2ccccc2[C@H]2OCC3(CCN(Cc4cccnc4)CC3)C[C@@H]21. The summed E-state index contributed by atoms with van der Waals surface area (Å²) in [7, 11) is 0. The van der Waals surface area contributed by atoms with E-state index in [0.29, 0.717) is 11.3 Å². The number of rotatable bonds is 2. The molecule has 1 aromatic heterocycles. The lowest BCUT2D eigenvalue weighted by atomic mass is 9.64. The maximum atomic E-state index is 6.58. The Hall–Kier alpha value is -1.91. The molecule has 0 unspecified atom stereocenters. The van der Waals surface area contributed by atoms with Crippen molar-refractivity contribution < 1.29 is 9.47 Å². The minimum atomic E-state index is -0.195. The van der Waals surface area contributed by atoms with Crippen LogP contribution in [0.2, 0.25) is 0 Å². The van der Waals surface area contributed by atoms with Gasteiger partial charge < -0.3 is 9.47 Å². The van der Waals surface area contributed by atoms with E-state index in [-0.39, 0.29) is 11.7 Å². The van der Waals surface area contributed by atoms with E-state index in [0.717, 1.165) is 32.0 Å². The molecule has 4 heteroatoms. The van der Waals surface area contributed by atoms with Gasteiger partial charge in [-0.25, -0.2) is 0 Å². The van der Waals surface area contributed by atoms with Crippen LogP contribution in [0.1, 0.15) is 50.3 Å². The second kappa shape index (κ2) is 6.85. The lowest BCUT2D eigenvalue weighted by Crippen LogP contribution is -2.54. The van der Waals surface area contributed by atoms with E-state index in [9.17, 15) is 0 Å². The van der Waals surface area contributed by atoms with Gasteiger partial charge in [0.25, 0.3) is 0 Å². The van der Waals surface area contributed by atoms with Crippen molar-refractivity contribution >= 4 is 0 Å². The van der Waals surface area contributed by atoms with Crippen molar-refractivity contribution in [2.24, 2.45) is 11.3 Å². The van der Waals surface area contributed by atoms with Gasteiger partial charge in [-0.05, 0) is 69.3 Å². The van der Waals surface area contributed by atoms with Crippen molar-refractivity contribution in [2.45, 2.75) is 51.4 Å². The van der Waals surface area contributed by atoms with Crippen LogP contribution in [-0.2, 0) is 11.3 Å². The first-order valence-corrected chi connectivity index (χ1v) is 10.6. The number of hydrogen-bond donors (Lipinski definition) is 0. The Morgan fingerprint density at radius 1 is 1.11 bits per heavy atom.